The third-order valence-electron chi connectivity index (χ3n) is 2.61. The Balaban J connectivity index is 2.40. The number of hydrogen-bond acceptors (Lipinski definition) is 2. The lowest BCUT2D eigenvalue weighted by atomic mass is 10.1. The van der Waals surface area contributed by atoms with Gasteiger partial charge in [-0.25, -0.2) is 0 Å². The molecule has 0 spiro atoms. The predicted octanol–water partition coefficient (Wildman–Crippen LogP) is 4.98. The topological polar surface area (TPSA) is 35.2 Å². The number of nitrogens with two attached hydrogens (primary N) is 1. The van der Waals surface area contributed by atoms with Crippen molar-refractivity contribution in [2.45, 2.75) is 13.8 Å². The monoisotopic (exact) mass is 281 g/mol. The summed E-state index contributed by atoms with van der Waals surface area (Å²) in [7, 11) is 0. The van der Waals surface area contributed by atoms with Gasteiger partial charge in [0.15, 0.2) is 0 Å². The Hall–Kier alpha value is -1.38. The summed E-state index contributed by atoms with van der Waals surface area (Å²) in [5.74, 6) is 1.36. The van der Waals surface area contributed by atoms with Crippen LogP contribution in [-0.2, 0) is 0 Å². The summed E-state index contributed by atoms with van der Waals surface area (Å²) in [6.45, 7) is 3.89. The molecule has 0 fully saturated rings. The van der Waals surface area contributed by atoms with Crippen LogP contribution in [-0.4, -0.2) is 0 Å². The van der Waals surface area contributed by atoms with E-state index in [2.05, 4.69) is 0 Å². The molecule has 0 saturated heterocycles. The van der Waals surface area contributed by atoms with Crippen LogP contribution in [0.3, 0.4) is 0 Å². The number of hydrogen-bond donors (Lipinski definition) is 1. The molecule has 2 aromatic carbocycles. The van der Waals surface area contributed by atoms with Crippen molar-refractivity contribution in [3.8, 4) is 11.5 Å². The first-order chi connectivity index (χ1) is 8.47. The molecule has 4 heteroatoms. The normalized spacial score (nSPS) is 10.4. The van der Waals surface area contributed by atoms with Crippen molar-refractivity contribution in [2.75, 3.05) is 5.73 Å². The number of anilines is 1. The van der Waals surface area contributed by atoms with Crippen molar-refractivity contribution in [1.82, 2.24) is 0 Å². The Morgan fingerprint density at radius 2 is 1.56 bits per heavy atom. The summed E-state index contributed by atoms with van der Waals surface area (Å²) in [4.78, 5) is 0. The third kappa shape index (κ3) is 2.71. The molecule has 2 rings (SSSR count). The average Bonchev–Trinajstić information content (AvgIpc) is 2.25. The maximum Gasteiger partial charge on any atom is 0.150 e. The molecule has 0 saturated carbocycles. The van der Waals surface area contributed by atoms with Gasteiger partial charge in [0.1, 0.15) is 11.5 Å². The van der Waals surface area contributed by atoms with Gasteiger partial charge in [0.25, 0.3) is 0 Å². The number of nitrogen functional groups attached to an aromatic ring is 1. The number of rotatable bonds is 2. The molecule has 0 aliphatic carbocycles. The largest absolute Gasteiger partial charge is 0.455 e. The van der Waals surface area contributed by atoms with Gasteiger partial charge in [-0.05, 0) is 55.3 Å². The minimum absolute atomic E-state index is 0.510. The van der Waals surface area contributed by atoms with E-state index in [4.69, 9.17) is 33.7 Å². The van der Waals surface area contributed by atoms with E-state index in [1.165, 1.54) is 0 Å². The SMILES string of the molecule is Cc1cc(Cl)cc(C)c1Oc1ccc(Cl)cc1N. The van der Waals surface area contributed by atoms with E-state index >= 15 is 0 Å². The van der Waals surface area contributed by atoms with Crippen LogP contribution >= 0.6 is 23.2 Å². The lowest BCUT2D eigenvalue weighted by Crippen LogP contribution is -1.95. The maximum atomic E-state index is 5.98. The molecule has 0 amide bonds. The first kappa shape index (κ1) is 13.1. The zero-order chi connectivity index (χ0) is 13.3. The Bertz CT molecular complexity index is 573. The molecule has 18 heavy (non-hydrogen) atoms. The van der Waals surface area contributed by atoms with Crippen LogP contribution in [0.5, 0.6) is 11.5 Å². The summed E-state index contributed by atoms with van der Waals surface area (Å²) in [5, 5.41) is 1.28. The van der Waals surface area contributed by atoms with Gasteiger partial charge in [0.05, 0.1) is 5.69 Å². The standard InChI is InChI=1S/C14H13Cl2NO/c1-8-5-11(16)6-9(2)14(8)18-13-4-3-10(15)7-12(13)17/h3-7H,17H2,1-2H3. The lowest BCUT2D eigenvalue weighted by Gasteiger charge is -2.13. The van der Waals surface area contributed by atoms with Crippen LogP contribution in [0.4, 0.5) is 5.69 Å². The van der Waals surface area contributed by atoms with E-state index in [-0.39, 0.29) is 0 Å². The number of benzene rings is 2. The lowest BCUT2D eigenvalue weighted by molar-refractivity contribution is 0.477. The van der Waals surface area contributed by atoms with Crippen molar-refractivity contribution < 1.29 is 4.74 Å². The van der Waals surface area contributed by atoms with E-state index in [1.807, 2.05) is 26.0 Å². The van der Waals surface area contributed by atoms with Crippen LogP contribution in [0.15, 0.2) is 30.3 Å². The Kier molecular flexibility index (Phi) is 3.69. The molecular formula is C14H13Cl2NO. The van der Waals surface area contributed by atoms with Gasteiger partial charge in [0.2, 0.25) is 0 Å². The predicted molar refractivity (Wildman–Crippen MR) is 76.9 cm³/mol. The van der Waals surface area contributed by atoms with Crippen LogP contribution in [0, 0.1) is 13.8 Å². The molecule has 0 heterocycles. The Morgan fingerprint density at radius 1 is 0.944 bits per heavy atom. The minimum atomic E-state index is 0.510. The number of halogens is 2. The molecule has 0 unspecified atom stereocenters. The minimum Gasteiger partial charge on any atom is -0.455 e. The zero-order valence-corrected chi connectivity index (χ0v) is 11.6. The number of aryl methyl sites for hydroxylation is 2. The molecule has 0 aromatic heterocycles. The van der Waals surface area contributed by atoms with Crippen molar-refractivity contribution in [1.29, 1.82) is 0 Å². The van der Waals surface area contributed by atoms with Crippen LogP contribution in [0.2, 0.25) is 10.0 Å². The fraction of sp³-hybridized carbons (Fsp3) is 0.143. The summed E-state index contributed by atoms with van der Waals surface area (Å²) in [5.41, 5.74) is 8.31. The second-order valence-corrected chi connectivity index (χ2v) is 5.03. The highest BCUT2D eigenvalue weighted by atomic mass is 35.5. The molecule has 2 aromatic rings. The van der Waals surface area contributed by atoms with Crippen LogP contribution < -0.4 is 10.5 Å². The average molecular weight is 282 g/mol. The second-order valence-electron chi connectivity index (χ2n) is 4.15. The van der Waals surface area contributed by atoms with Gasteiger partial charge < -0.3 is 10.5 Å². The number of ether oxygens (including phenoxy) is 1. The summed E-state index contributed by atoms with van der Waals surface area (Å²) in [6.07, 6.45) is 0. The van der Waals surface area contributed by atoms with Crippen molar-refractivity contribution in [3.05, 3.63) is 51.5 Å². The first-order valence-corrected chi connectivity index (χ1v) is 6.22. The first-order valence-electron chi connectivity index (χ1n) is 5.47. The van der Waals surface area contributed by atoms with E-state index in [0.717, 1.165) is 16.9 Å². The molecular weight excluding hydrogens is 269 g/mol. The molecule has 2 N–H and O–H groups in total. The van der Waals surface area contributed by atoms with Gasteiger partial charge >= 0.3 is 0 Å². The molecule has 0 radical (unpaired) electrons. The van der Waals surface area contributed by atoms with Crippen molar-refractivity contribution >= 4 is 28.9 Å². The third-order valence-corrected chi connectivity index (χ3v) is 3.06. The van der Waals surface area contributed by atoms with E-state index in [9.17, 15) is 0 Å². The van der Waals surface area contributed by atoms with Gasteiger partial charge in [-0.1, -0.05) is 23.2 Å². The highest BCUT2D eigenvalue weighted by Gasteiger charge is 2.09. The maximum absolute atomic E-state index is 5.98. The van der Waals surface area contributed by atoms with Crippen LogP contribution in [0.25, 0.3) is 0 Å². The van der Waals surface area contributed by atoms with Gasteiger partial charge in [0, 0.05) is 10.0 Å². The molecule has 94 valence electrons. The smallest absolute Gasteiger partial charge is 0.150 e. The fourth-order valence-corrected chi connectivity index (χ4v) is 2.29. The van der Waals surface area contributed by atoms with Crippen molar-refractivity contribution in [3.63, 3.8) is 0 Å². The Labute approximate surface area is 116 Å². The Morgan fingerprint density at radius 3 is 2.11 bits per heavy atom. The van der Waals surface area contributed by atoms with E-state index in [0.29, 0.717) is 21.5 Å². The highest BCUT2D eigenvalue weighted by molar-refractivity contribution is 6.31. The quantitative estimate of drug-likeness (QED) is 0.788. The molecule has 0 atom stereocenters. The van der Waals surface area contributed by atoms with Crippen molar-refractivity contribution in [2.24, 2.45) is 0 Å². The zero-order valence-electron chi connectivity index (χ0n) is 10.1. The van der Waals surface area contributed by atoms with Gasteiger partial charge in [-0.3, -0.25) is 0 Å². The molecule has 2 nitrogen and oxygen atoms in total. The summed E-state index contributed by atoms with van der Waals surface area (Å²) in [6, 6.07) is 8.88. The second kappa shape index (κ2) is 5.09. The summed E-state index contributed by atoms with van der Waals surface area (Å²) < 4.78 is 5.84. The molecule has 0 aliphatic rings. The fourth-order valence-electron chi connectivity index (χ4n) is 1.78. The van der Waals surface area contributed by atoms with Gasteiger partial charge in [-0.2, -0.15) is 0 Å². The van der Waals surface area contributed by atoms with Crippen LogP contribution in [0.1, 0.15) is 11.1 Å². The summed E-state index contributed by atoms with van der Waals surface area (Å²) >= 11 is 11.8. The molecule has 0 aliphatic heterocycles. The van der Waals surface area contributed by atoms with E-state index in [1.54, 1.807) is 18.2 Å². The van der Waals surface area contributed by atoms with E-state index < -0.39 is 0 Å². The van der Waals surface area contributed by atoms with Gasteiger partial charge in [-0.15, -0.1) is 0 Å². The highest BCUT2D eigenvalue weighted by Crippen LogP contribution is 2.34. The molecule has 0 bridgehead atoms.